The lowest BCUT2D eigenvalue weighted by molar-refractivity contribution is -0.127. The lowest BCUT2D eigenvalue weighted by Gasteiger charge is -2.29. The molecule has 21 heavy (non-hydrogen) atoms. The molecule has 0 aromatic heterocycles. The SMILES string of the molecule is Cc1ccccc1CC1(C(=O)N[C@H]2CCNC[C@@H]2F)CC1. The van der Waals surface area contributed by atoms with Crippen molar-refractivity contribution < 1.29 is 9.18 Å². The number of carbonyl (C=O) groups excluding carboxylic acids is 1. The summed E-state index contributed by atoms with van der Waals surface area (Å²) in [4.78, 5) is 12.6. The standard InChI is InChI=1S/C17H23FN2O/c1-12-4-2-3-5-13(12)10-17(7-8-17)16(21)20-15-6-9-19-11-14(15)18/h2-5,14-15,19H,6-11H2,1H3,(H,20,21)/t14-,15-/m0/s1. The number of nitrogens with one attached hydrogen (secondary N) is 2. The smallest absolute Gasteiger partial charge is 0.226 e. The molecule has 3 rings (SSSR count). The van der Waals surface area contributed by atoms with E-state index in [4.69, 9.17) is 0 Å². The summed E-state index contributed by atoms with van der Waals surface area (Å²) < 4.78 is 13.8. The molecule has 1 saturated heterocycles. The van der Waals surface area contributed by atoms with E-state index in [-0.39, 0.29) is 17.4 Å². The summed E-state index contributed by atoms with van der Waals surface area (Å²) in [6, 6.07) is 7.87. The van der Waals surface area contributed by atoms with E-state index in [1.165, 1.54) is 11.1 Å². The number of carbonyl (C=O) groups is 1. The molecular weight excluding hydrogens is 267 g/mol. The monoisotopic (exact) mass is 290 g/mol. The van der Waals surface area contributed by atoms with Gasteiger partial charge in [0.05, 0.1) is 11.5 Å². The first-order valence-corrected chi connectivity index (χ1v) is 7.81. The van der Waals surface area contributed by atoms with Crippen molar-refractivity contribution in [3.05, 3.63) is 35.4 Å². The van der Waals surface area contributed by atoms with Gasteiger partial charge in [-0.05, 0) is 50.3 Å². The second kappa shape index (κ2) is 5.76. The molecule has 1 heterocycles. The third kappa shape index (κ3) is 3.10. The molecule has 1 aliphatic carbocycles. The minimum Gasteiger partial charge on any atom is -0.350 e. The van der Waals surface area contributed by atoms with Crippen molar-refractivity contribution in [2.75, 3.05) is 13.1 Å². The molecule has 2 fully saturated rings. The molecule has 2 aliphatic rings. The molecule has 114 valence electrons. The Balaban J connectivity index is 1.65. The van der Waals surface area contributed by atoms with Gasteiger partial charge in [0.2, 0.25) is 5.91 Å². The van der Waals surface area contributed by atoms with E-state index >= 15 is 0 Å². The van der Waals surface area contributed by atoms with E-state index in [9.17, 15) is 9.18 Å². The van der Waals surface area contributed by atoms with Crippen LogP contribution in [0.5, 0.6) is 0 Å². The number of benzene rings is 1. The van der Waals surface area contributed by atoms with Crippen LogP contribution in [-0.2, 0) is 11.2 Å². The van der Waals surface area contributed by atoms with Crippen LogP contribution < -0.4 is 10.6 Å². The van der Waals surface area contributed by atoms with Gasteiger partial charge in [-0.1, -0.05) is 24.3 Å². The van der Waals surface area contributed by atoms with Crippen LogP contribution >= 0.6 is 0 Å². The summed E-state index contributed by atoms with van der Waals surface area (Å²) in [7, 11) is 0. The van der Waals surface area contributed by atoms with Crippen molar-refractivity contribution in [3.8, 4) is 0 Å². The maximum atomic E-state index is 13.8. The predicted octanol–water partition coefficient (Wildman–Crippen LogP) is 2.13. The van der Waals surface area contributed by atoms with E-state index in [0.717, 1.165) is 25.8 Å². The van der Waals surface area contributed by atoms with Crippen molar-refractivity contribution in [2.45, 2.75) is 44.8 Å². The van der Waals surface area contributed by atoms with Gasteiger partial charge in [0, 0.05) is 6.54 Å². The Morgan fingerprint density at radius 1 is 1.43 bits per heavy atom. The Hall–Kier alpha value is -1.42. The Kier molecular flexibility index (Phi) is 3.98. The normalized spacial score (nSPS) is 27.1. The maximum Gasteiger partial charge on any atom is 0.226 e. The van der Waals surface area contributed by atoms with Gasteiger partial charge < -0.3 is 10.6 Å². The fraction of sp³-hybridized carbons (Fsp3) is 0.588. The molecule has 3 nitrogen and oxygen atoms in total. The van der Waals surface area contributed by atoms with Crippen LogP contribution in [0.25, 0.3) is 0 Å². The molecule has 1 aliphatic heterocycles. The Morgan fingerprint density at radius 3 is 2.86 bits per heavy atom. The highest BCUT2D eigenvalue weighted by atomic mass is 19.1. The third-order valence-electron chi connectivity index (χ3n) is 4.85. The van der Waals surface area contributed by atoms with E-state index in [0.29, 0.717) is 13.0 Å². The highest BCUT2D eigenvalue weighted by Crippen LogP contribution is 2.49. The zero-order chi connectivity index (χ0) is 14.9. The van der Waals surface area contributed by atoms with Gasteiger partial charge in [-0.2, -0.15) is 0 Å². The highest BCUT2D eigenvalue weighted by molar-refractivity contribution is 5.86. The minimum absolute atomic E-state index is 0.0419. The largest absolute Gasteiger partial charge is 0.350 e. The summed E-state index contributed by atoms with van der Waals surface area (Å²) in [5.41, 5.74) is 2.16. The molecule has 1 amide bonds. The maximum absolute atomic E-state index is 13.8. The molecule has 1 aromatic rings. The average molecular weight is 290 g/mol. The fourth-order valence-electron chi connectivity index (χ4n) is 3.11. The van der Waals surface area contributed by atoms with Crippen molar-refractivity contribution >= 4 is 5.91 Å². The van der Waals surface area contributed by atoms with Crippen LogP contribution in [0.15, 0.2) is 24.3 Å². The van der Waals surface area contributed by atoms with Crippen molar-refractivity contribution in [3.63, 3.8) is 0 Å². The topological polar surface area (TPSA) is 41.1 Å². The minimum atomic E-state index is -0.975. The number of aryl methyl sites for hydroxylation is 1. The van der Waals surface area contributed by atoms with E-state index in [2.05, 4.69) is 29.7 Å². The van der Waals surface area contributed by atoms with Crippen molar-refractivity contribution in [1.82, 2.24) is 10.6 Å². The number of amides is 1. The lowest BCUT2D eigenvalue weighted by Crippen LogP contribution is -2.52. The summed E-state index contributed by atoms with van der Waals surface area (Å²) >= 11 is 0. The third-order valence-corrected chi connectivity index (χ3v) is 4.85. The van der Waals surface area contributed by atoms with Crippen LogP contribution in [0.3, 0.4) is 0 Å². The van der Waals surface area contributed by atoms with E-state index in [1.54, 1.807) is 0 Å². The van der Waals surface area contributed by atoms with Crippen molar-refractivity contribution in [2.24, 2.45) is 5.41 Å². The van der Waals surface area contributed by atoms with Crippen LogP contribution in [-0.4, -0.2) is 31.2 Å². The van der Waals surface area contributed by atoms with Crippen LogP contribution in [0.4, 0.5) is 4.39 Å². The number of rotatable bonds is 4. The number of piperidine rings is 1. The zero-order valence-corrected chi connectivity index (χ0v) is 12.5. The van der Waals surface area contributed by atoms with Gasteiger partial charge in [-0.25, -0.2) is 4.39 Å². The van der Waals surface area contributed by atoms with Gasteiger partial charge in [0.15, 0.2) is 0 Å². The van der Waals surface area contributed by atoms with Gasteiger partial charge in [-0.15, -0.1) is 0 Å². The Bertz CT molecular complexity index is 527. The Labute approximate surface area is 125 Å². The second-order valence-electron chi connectivity index (χ2n) is 6.47. The van der Waals surface area contributed by atoms with Gasteiger partial charge in [0.1, 0.15) is 6.17 Å². The first kappa shape index (κ1) is 14.5. The molecule has 0 bridgehead atoms. The molecule has 0 unspecified atom stereocenters. The molecule has 2 N–H and O–H groups in total. The second-order valence-corrected chi connectivity index (χ2v) is 6.47. The van der Waals surface area contributed by atoms with Crippen LogP contribution in [0, 0.1) is 12.3 Å². The average Bonchev–Trinajstić information content (AvgIpc) is 3.25. The van der Waals surface area contributed by atoms with E-state index in [1.807, 2.05) is 12.1 Å². The van der Waals surface area contributed by atoms with Gasteiger partial charge in [0.25, 0.3) is 0 Å². The summed E-state index contributed by atoms with van der Waals surface area (Å²) in [6.45, 7) is 3.19. The number of halogens is 1. The molecule has 0 radical (unpaired) electrons. The molecule has 2 atom stereocenters. The van der Waals surface area contributed by atoms with Crippen LogP contribution in [0.1, 0.15) is 30.4 Å². The summed E-state index contributed by atoms with van der Waals surface area (Å²) in [6.07, 6.45) is 2.29. The fourth-order valence-corrected chi connectivity index (χ4v) is 3.11. The van der Waals surface area contributed by atoms with Crippen molar-refractivity contribution in [1.29, 1.82) is 0 Å². The lowest BCUT2D eigenvalue weighted by atomic mass is 9.92. The molecule has 1 aromatic carbocycles. The molecular formula is C17H23FN2O. The molecule has 0 spiro atoms. The van der Waals surface area contributed by atoms with Gasteiger partial charge >= 0.3 is 0 Å². The summed E-state index contributed by atoms with van der Waals surface area (Å²) in [5.74, 6) is 0.0419. The number of hydrogen-bond acceptors (Lipinski definition) is 2. The molecule has 1 saturated carbocycles. The number of hydrogen-bond donors (Lipinski definition) is 2. The highest BCUT2D eigenvalue weighted by Gasteiger charge is 2.50. The first-order chi connectivity index (χ1) is 10.1. The predicted molar refractivity (Wildman–Crippen MR) is 80.9 cm³/mol. The number of alkyl halides is 1. The summed E-state index contributed by atoms with van der Waals surface area (Å²) in [5, 5.41) is 5.97. The van der Waals surface area contributed by atoms with E-state index < -0.39 is 6.17 Å². The zero-order valence-electron chi connectivity index (χ0n) is 12.5. The van der Waals surface area contributed by atoms with Crippen LogP contribution in [0.2, 0.25) is 0 Å². The molecule has 4 heteroatoms. The quantitative estimate of drug-likeness (QED) is 0.892. The first-order valence-electron chi connectivity index (χ1n) is 7.81. The van der Waals surface area contributed by atoms with Gasteiger partial charge in [-0.3, -0.25) is 4.79 Å². The Morgan fingerprint density at radius 2 is 2.19 bits per heavy atom.